The summed E-state index contributed by atoms with van der Waals surface area (Å²) in [6, 6.07) is 12.3. The van der Waals surface area contributed by atoms with Crippen molar-refractivity contribution in [2.24, 2.45) is 0 Å². The van der Waals surface area contributed by atoms with Crippen molar-refractivity contribution in [2.75, 3.05) is 19.0 Å². The number of methoxy groups -OCH3 is 1. The van der Waals surface area contributed by atoms with Gasteiger partial charge in [-0.1, -0.05) is 13.0 Å². The summed E-state index contributed by atoms with van der Waals surface area (Å²) in [5.74, 6) is 2.78. The molecule has 0 aliphatic rings. The number of nitrogens with zero attached hydrogens (tertiary/aromatic N) is 1. The molecule has 106 valence electrons. The second-order valence-electron chi connectivity index (χ2n) is 4.44. The molecule has 4 heteroatoms. The van der Waals surface area contributed by atoms with Gasteiger partial charge in [0.05, 0.1) is 7.11 Å². The van der Waals surface area contributed by atoms with Crippen molar-refractivity contribution in [3.8, 4) is 5.75 Å². The van der Waals surface area contributed by atoms with Gasteiger partial charge in [-0.15, -0.1) is 11.8 Å². The summed E-state index contributed by atoms with van der Waals surface area (Å²) in [5, 5.41) is 3.31. The van der Waals surface area contributed by atoms with E-state index in [4.69, 9.17) is 4.74 Å². The standard InChI is InChI=1S/C16H20N2OS/c1-3-8-17-16-10-13(7-9-18-16)12-20-15-6-4-5-14(11-15)19-2/h4-7,9-11H,3,8,12H2,1-2H3,(H,17,18). The van der Waals surface area contributed by atoms with Gasteiger partial charge in [-0.2, -0.15) is 0 Å². The van der Waals surface area contributed by atoms with E-state index in [9.17, 15) is 0 Å². The number of ether oxygens (including phenoxy) is 1. The molecule has 1 aromatic carbocycles. The van der Waals surface area contributed by atoms with Crippen LogP contribution in [-0.2, 0) is 5.75 Å². The fourth-order valence-corrected chi connectivity index (χ4v) is 2.66. The Balaban J connectivity index is 1.95. The van der Waals surface area contributed by atoms with Crippen LogP contribution in [0.4, 0.5) is 5.82 Å². The van der Waals surface area contributed by atoms with Crippen molar-refractivity contribution in [3.05, 3.63) is 48.2 Å². The van der Waals surface area contributed by atoms with Crippen LogP contribution in [0.25, 0.3) is 0 Å². The molecule has 0 fully saturated rings. The number of aromatic nitrogens is 1. The molecule has 2 aromatic rings. The molecule has 0 bridgehead atoms. The van der Waals surface area contributed by atoms with Gasteiger partial charge in [0.15, 0.2) is 0 Å². The van der Waals surface area contributed by atoms with Crippen LogP contribution in [0, 0.1) is 0 Å². The first kappa shape index (κ1) is 14.7. The lowest BCUT2D eigenvalue weighted by Crippen LogP contribution is -2.01. The lowest BCUT2D eigenvalue weighted by molar-refractivity contribution is 0.413. The molecule has 0 saturated heterocycles. The minimum absolute atomic E-state index is 0.898. The van der Waals surface area contributed by atoms with Gasteiger partial charge in [-0.3, -0.25) is 0 Å². The molecule has 0 atom stereocenters. The van der Waals surface area contributed by atoms with E-state index in [0.29, 0.717) is 0 Å². The van der Waals surface area contributed by atoms with Crippen molar-refractivity contribution in [1.82, 2.24) is 4.98 Å². The van der Waals surface area contributed by atoms with Crippen molar-refractivity contribution < 1.29 is 4.74 Å². The van der Waals surface area contributed by atoms with Crippen LogP contribution in [0.5, 0.6) is 5.75 Å². The predicted molar refractivity (Wildman–Crippen MR) is 85.6 cm³/mol. The highest BCUT2D eigenvalue weighted by Crippen LogP contribution is 2.26. The van der Waals surface area contributed by atoms with Crippen LogP contribution < -0.4 is 10.1 Å². The zero-order valence-corrected chi connectivity index (χ0v) is 12.7. The van der Waals surface area contributed by atoms with E-state index in [1.807, 2.05) is 18.3 Å². The third kappa shape index (κ3) is 4.46. The first-order valence-corrected chi connectivity index (χ1v) is 7.76. The maximum atomic E-state index is 5.24. The van der Waals surface area contributed by atoms with Gasteiger partial charge in [0.25, 0.3) is 0 Å². The maximum Gasteiger partial charge on any atom is 0.126 e. The Bertz CT molecular complexity index is 546. The van der Waals surface area contributed by atoms with Crippen LogP contribution in [0.1, 0.15) is 18.9 Å². The van der Waals surface area contributed by atoms with Gasteiger partial charge in [-0.05, 0) is 42.3 Å². The van der Waals surface area contributed by atoms with Crippen molar-refractivity contribution in [3.63, 3.8) is 0 Å². The fourth-order valence-electron chi connectivity index (χ4n) is 1.77. The third-order valence-corrected chi connectivity index (χ3v) is 3.89. The number of hydrogen-bond donors (Lipinski definition) is 1. The normalized spacial score (nSPS) is 10.3. The Hall–Kier alpha value is -1.68. The molecule has 2 rings (SSSR count). The highest BCUT2D eigenvalue weighted by molar-refractivity contribution is 7.98. The highest BCUT2D eigenvalue weighted by atomic mass is 32.2. The summed E-state index contributed by atoms with van der Waals surface area (Å²) in [6.07, 6.45) is 2.96. The lowest BCUT2D eigenvalue weighted by Gasteiger charge is -2.07. The molecule has 0 saturated carbocycles. The quantitative estimate of drug-likeness (QED) is 0.774. The molecule has 0 radical (unpaired) electrons. The SMILES string of the molecule is CCCNc1cc(CSc2cccc(OC)c2)ccn1. The molecule has 3 nitrogen and oxygen atoms in total. The number of anilines is 1. The summed E-state index contributed by atoms with van der Waals surface area (Å²) in [6.45, 7) is 3.11. The van der Waals surface area contributed by atoms with E-state index in [0.717, 1.165) is 30.3 Å². The van der Waals surface area contributed by atoms with Crippen LogP contribution in [0.3, 0.4) is 0 Å². The maximum absolute atomic E-state index is 5.24. The zero-order chi connectivity index (χ0) is 14.2. The van der Waals surface area contributed by atoms with Crippen molar-refractivity contribution in [1.29, 1.82) is 0 Å². The first-order chi connectivity index (χ1) is 9.81. The van der Waals surface area contributed by atoms with E-state index in [1.165, 1.54) is 10.5 Å². The van der Waals surface area contributed by atoms with Crippen LogP contribution in [0.2, 0.25) is 0 Å². The van der Waals surface area contributed by atoms with Gasteiger partial charge in [-0.25, -0.2) is 4.98 Å². The van der Waals surface area contributed by atoms with Crippen LogP contribution >= 0.6 is 11.8 Å². The first-order valence-electron chi connectivity index (χ1n) is 6.77. The molecule has 1 N–H and O–H groups in total. The number of pyridine rings is 1. The number of rotatable bonds is 7. The summed E-state index contributed by atoms with van der Waals surface area (Å²) in [7, 11) is 1.69. The van der Waals surface area contributed by atoms with Gasteiger partial charge in [0.1, 0.15) is 11.6 Å². The molecule has 1 aromatic heterocycles. The monoisotopic (exact) mass is 288 g/mol. The van der Waals surface area contributed by atoms with Crippen molar-refractivity contribution in [2.45, 2.75) is 24.0 Å². The van der Waals surface area contributed by atoms with E-state index in [1.54, 1.807) is 18.9 Å². The van der Waals surface area contributed by atoms with Gasteiger partial charge < -0.3 is 10.1 Å². The average molecular weight is 288 g/mol. The fraction of sp³-hybridized carbons (Fsp3) is 0.312. The van der Waals surface area contributed by atoms with Crippen molar-refractivity contribution >= 4 is 17.6 Å². The molecule has 1 heterocycles. The minimum Gasteiger partial charge on any atom is -0.497 e. The highest BCUT2D eigenvalue weighted by Gasteiger charge is 2.00. The molecular formula is C16H20N2OS. The summed E-state index contributed by atoms with van der Waals surface area (Å²) < 4.78 is 5.24. The van der Waals surface area contributed by atoms with E-state index >= 15 is 0 Å². The number of thioether (sulfide) groups is 1. The largest absolute Gasteiger partial charge is 0.497 e. The second kappa shape index (κ2) is 7.80. The second-order valence-corrected chi connectivity index (χ2v) is 5.49. The zero-order valence-electron chi connectivity index (χ0n) is 11.9. The minimum atomic E-state index is 0.898. The molecule has 0 aliphatic heterocycles. The summed E-state index contributed by atoms with van der Waals surface area (Å²) >= 11 is 1.80. The summed E-state index contributed by atoms with van der Waals surface area (Å²) in [5.41, 5.74) is 1.27. The molecule has 0 amide bonds. The number of nitrogens with one attached hydrogen (secondary N) is 1. The van der Waals surface area contributed by atoms with E-state index < -0.39 is 0 Å². The summed E-state index contributed by atoms with van der Waals surface area (Å²) in [4.78, 5) is 5.53. The van der Waals surface area contributed by atoms with Crippen LogP contribution in [-0.4, -0.2) is 18.6 Å². The molecule has 0 aliphatic carbocycles. The Morgan fingerprint density at radius 3 is 2.95 bits per heavy atom. The number of hydrogen-bond acceptors (Lipinski definition) is 4. The van der Waals surface area contributed by atoms with Crippen LogP contribution in [0.15, 0.2) is 47.5 Å². The topological polar surface area (TPSA) is 34.1 Å². The lowest BCUT2D eigenvalue weighted by atomic mass is 10.3. The van der Waals surface area contributed by atoms with Gasteiger partial charge in [0.2, 0.25) is 0 Å². The Kier molecular flexibility index (Phi) is 5.74. The van der Waals surface area contributed by atoms with E-state index in [2.05, 4.69) is 41.5 Å². The molecule has 20 heavy (non-hydrogen) atoms. The third-order valence-electron chi connectivity index (χ3n) is 2.83. The predicted octanol–water partition coefficient (Wildman–Crippen LogP) is 4.20. The number of benzene rings is 1. The van der Waals surface area contributed by atoms with Gasteiger partial charge >= 0.3 is 0 Å². The Morgan fingerprint density at radius 1 is 1.25 bits per heavy atom. The molecule has 0 unspecified atom stereocenters. The molecule has 0 spiro atoms. The molecular weight excluding hydrogens is 268 g/mol. The smallest absolute Gasteiger partial charge is 0.126 e. The van der Waals surface area contributed by atoms with Gasteiger partial charge in [0, 0.05) is 23.4 Å². The van der Waals surface area contributed by atoms with E-state index in [-0.39, 0.29) is 0 Å². The Labute approximate surface area is 124 Å². The average Bonchev–Trinajstić information content (AvgIpc) is 2.51. The Morgan fingerprint density at radius 2 is 2.15 bits per heavy atom.